The van der Waals surface area contributed by atoms with E-state index >= 15 is 0 Å². The smallest absolute Gasteiger partial charge is 0.261 e. The Morgan fingerprint density at radius 3 is 2.94 bits per heavy atom. The van der Waals surface area contributed by atoms with Gasteiger partial charge in [0.1, 0.15) is 0 Å². The molecule has 2 N–H and O–H groups in total. The average Bonchev–Trinajstić information content (AvgIpc) is 2.67. The van der Waals surface area contributed by atoms with Crippen LogP contribution in [-0.4, -0.2) is 25.0 Å². The summed E-state index contributed by atoms with van der Waals surface area (Å²) in [5.74, 6) is 0.0810. The molecule has 3 nitrogen and oxygen atoms in total. The summed E-state index contributed by atoms with van der Waals surface area (Å²) >= 11 is 1.52. The zero-order chi connectivity index (χ0) is 12.5. The molecular weight excluding hydrogens is 232 g/mol. The predicted molar refractivity (Wildman–Crippen MR) is 71.6 cm³/mol. The molecule has 0 bridgehead atoms. The van der Waals surface area contributed by atoms with Crippen molar-refractivity contribution < 1.29 is 4.79 Å². The number of piperidine rings is 1. The van der Waals surface area contributed by atoms with Crippen LogP contribution in [0.4, 0.5) is 0 Å². The van der Waals surface area contributed by atoms with E-state index in [-0.39, 0.29) is 17.4 Å². The molecule has 1 fully saturated rings. The Kier molecular flexibility index (Phi) is 3.54. The molecule has 0 saturated carbocycles. The van der Waals surface area contributed by atoms with Crippen LogP contribution >= 0.6 is 11.3 Å². The predicted octanol–water partition coefficient (Wildman–Crippen LogP) is 2.17. The Morgan fingerprint density at radius 2 is 2.35 bits per heavy atom. The summed E-state index contributed by atoms with van der Waals surface area (Å²) in [6.07, 6.45) is 1.00. The molecule has 1 aromatic rings. The van der Waals surface area contributed by atoms with Crippen LogP contribution in [0.2, 0.25) is 0 Å². The molecule has 4 heteroatoms. The number of hydrogen-bond acceptors (Lipinski definition) is 3. The second kappa shape index (κ2) is 4.78. The molecule has 1 unspecified atom stereocenters. The van der Waals surface area contributed by atoms with E-state index < -0.39 is 0 Å². The van der Waals surface area contributed by atoms with Crippen LogP contribution in [0.15, 0.2) is 11.4 Å². The van der Waals surface area contributed by atoms with Gasteiger partial charge >= 0.3 is 0 Å². The Balaban J connectivity index is 2.06. The number of rotatable bonds is 2. The Morgan fingerprint density at radius 1 is 1.59 bits per heavy atom. The van der Waals surface area contributed by atoms with Crippen LogP contribution in [0.25, 0.3) is 0 Å². The van der Waals surface area contributed by atoms with Crippen molar-refractivity contribution in [2.45, 2.75) is 33.2 Å². The lowest BCUT2D eigenvalue weighted by molar-refractivity contribution is 0.0872. The number of carbonyl (C=O) groups excluding carboxylic acids is 1. The molecule has 1 atom stereocenters. The van der Waals surface area contributed by atoms with Gasteiger partial charge in [-0.1, -0.05) is 13.8 Å². The molecule has 0 spiro atoms. The van der Waals surface area contributed by atoms with Gasteiger partial charge in [0, 0.05) is 12.6 Å². The van der Waals surface area contributed by atoms with E-state index in [0.717, 1.165) is 30.0 Å². The maximum atomic E-state index is 12.2. The molecule has 2 rings (SSSR count). The van der Waals surface area contributed by atoms with Crippen molar-refractivity contribution in [3.8, 4) is 0 Å². The molecule has 94 valence electrons. The number of amides is 1. The van der Waals surface area contributed by atoms with Gasteiger partial charge in [-0.25, -0.2) is 0 Å². The highest BCUT2D eigenvalue weighted by Crippen LogP contribution is 2.26. The lowest BCUT2D eigenvalue weighted by Gasteiger charge is -2.39. The van der Waals surface area contributed by atoms with Gasteiger partial charge in [0.05, 0.1) is 4.88 Å². The molecule has 0 aromatic carbocycles. The lowest BCUT2D eigenvalue weighted by atomic mass is 9.80. The highest BCUT2D eigenvalue weighted by molar-refractivity contribution is 7.12. The van der Waals surface area contributed by atoms with Crippen molar-refractivity contribution in [1.82, 2.24) is 10.6 Å². The van der Waals surface area contributed by atoms with Crippen LogP contribution in [-0.2, 0) is 0 Å². The maximum absolute atomic E-state index is 12.2. The van der Waals surface area contributed by atoms with Crippen molar-refractivity contribution >= 4 is 17.2 Å². The SMILES string of the molecule is Cc1ccsc1C(=O)NC1CCNCC1(C)C. The minimum absolute atomic E-state index is 0.0810. The largest absolute Gasteiger partial charge is 0.348 e. The summed E-state index contributed by atoms with van der Waals surface area (Å²) in [5.41, 5.74) is 1.19. The number of hydrogen-bond donors (Lipinski definition) is 2. The van der Waals surface area contributed by atoms with Gasteiger partial charge in [-0.2, -0.15) is 0 Å². The van der Waals surface area contributed by atoms with Crippen LogP contribution in [0.1, 0.15) is 35.5 Å². The van der Waals surface area contributed by atoms with Crippen molar-refractivity contribution in [2.24, 2.45) is 5.41 Å². The molecular formula is C13H20N2OS. The average molecular weight is 252 g/mol. The van der Waals surface area contributed by atoms with Crippen LogP contribution in [0, 0.1) is 12.3 Å². The topological polar surface area (TPSA) is 41.1 Å². The summed E-state index contributed by atoms with van der Waals surface area (Å²) in [6.45, 7) is 8.33. The third kappa shape index (κ3) is 2.69. The fourth-order valence-corrected chi connectivity index (χ4v) is 3.10. The molecule has 1 amide bonds. The molecule has 0 aliphatic carbocycles. The van der Waals surface area contributed by atoms with Crippen molar-refractivity contribution in [3.63, 3.8) is 0 Å². The Hall–Kier alpha value is -0.870. The van der Waals surface area contributed by atoms with Gasteiger partial charge in [0.25, 0.3) is 5.91 Å². The third-order valence-electron chi connectivity index (χ3n) is 3.51. The van der Waals surface area contributed by atoms with E-state index in [1.54, 1.807) is 0 Å². The van der Waals surface area contributed by atoms with E-state index in [1.807, 2.05) is 18.4 Å². The summed E-state index contributed by atoms with van der Waals surface area (Å²) < 4.78 is 0. The lowest BCUT2D eigenvalue weighted by Crippen LogP contribution is -2.54. The fourth-order valence-electron chi connectivity index (χ4n) is 2.27. The van der Waals surface area contributed by atoms with Gasteiger partial charge in [-0.3, -0.25) is 4.79 Å². The number of carbonyl (C=O) groups is 1. The van der Waals surface area contributed by atoms with E-state index in [0.29, 0.717) is 0 Å². The Labute approximate surface area is 107 Å². The van der Waals surface area contributed by atoms with Crippen molar-refractivity contribution in [3.05, 3.63) is 21.9 Å². The molecule has 0 radical (unpaired) electrons. The fraction of sp³-hybridized carbons (Fsp3) is 0.615. The molecule has 2 heterocycles. The highest BCUT2D eigenvalue weighted by Gasteiger charge is 2.33. The molecule has 1 saturated heterocycles. The Bertz CT molecular complexity index is 411. The normalized spacial score (nSPS) is 23.4. The molecule has 1 aliphatic heterocycles. The minimum Gasteiger partial charge on any atom is -0.348 e. The molecule has 1 aromatic heterocycles. The van der Waals surface area contributed by atoms with Crippen LogP contribution in [0.5, 0.6) is 0 Å². The summed E-state index contributed by atoms with van der Waals surface area (Å²) in [7, 11) is 0. The first kappa shape index (κ1) is 12.6. The van der Waals surface area contributed by atoms with E-state index in [9.17, 15) is 4.79 Å². The second-order valence-electron chi connectivity index (χ2n) is 5.41. The zero-order valence-corrected chi connectivity index (χ0v) is 11.5. The third-order valence-corrected chi connectivity index (χ3v) is 4.52. The van der Waals surface area contributed by atoms with E-state index in [4.69, 9.17) is 0 Å². The van der Waals surface area contributed by atoms with Crippen LogP contribution in [0.3, 0.4) is 0 Å². The first-order valence-electron chi connectivity index (χ1n) is 6.06. The quantitative estimate of drug-likeness (QED) is 0.847. The monoisotopic (exact) mass is 252 g/mol. The van der Waals surface area contributed by atoms with Crippen LogP contribution < -0.4 is 10.6 Å². The summed E-state index contributed by atoms with van der Waals surface area (Å²) in [5, 5.41) is 8.53. The minimum atomic E-state index is 0.0810. The first-order chi connectivity index (χ1) is 8.00. The van der Waals surface area contributed by atoms with Gasteiger partial charge in [-0.15, -0.1) is 11.3 Å². The van der Waals surface area contributed by atoms with Crippen molar-refractivity contribution in [1.29, 1.82) is 0 Å². The molecule has 17 heavy (non-hydrogen) atoms. The summed E-state index contributed by atoms with van der Waals surface area (Å²) in [6, 6.07) is 2.26. The maximum Gasteiger partial charge on any atom is 0.261 e. The second-order valence-corrected chi connectivity index (χ2v) is 6.33. The standard InChI is InChI=1S/C13H20N2OS/c1-9-5-7-17-11(9)12(16)15-10-4-6-14-8-13(10,2)3/h5,7,10,14H,4,6,8H2,1-3H3,(H,15,16). The van der Waals surface area contributed by atoms with Gasteiger partial charge in [-0.05, 0) is 42.3 Å². The van der Waals surface area contributed by atoms with E-state index in [2.05, 4.69) is 24.5 Å². The number of aryl methyl sites for hydroxylation is 1. The first-order valence-corrected chi connectivity index (χ1v) is 6.94. The zero-order valence-electron chi connectivity index (χ0n) is 10.7. The van der Waals surface area contributed by atoms with Gasteiger partial charge in [0.15, 0.2) is 0 Å². The van der Waals surface area contributed by atoms with Crippen molar-refractivity contribution in [2.75, 3.05) is 13.1 Å². The summed E-state index contributed by atoms with van der Waals surface area (Å²) in [4.78, 5) is 13.0. The van der Waals surface area contributed by atoms with E-state index in [1.165, 1.54) is 11.3 Å². The molecule has 1 aliphatic rings. The number of thiophene rings is 1. The number of nitrogens with one attached hydrogen (secondary N) is 2. The van der Waals surface area contributed by atoms with Gasteiger partial charge in [0.2, 0.25) is 0 Å². The van der Waals surface area contributed by atoms with Gasteiger partial charge < -0.3 is 10.6 Å². The highest BCUT2D eigenvalue weighted by atomic mass is 32.1.